The van der Waals surface area contributed by atoms with Gasteiger partial charge < -0.3 is 23.7 Å². The molecule has 12 nitrogen and oxygen atoms in total. The molecule has 0 N–H and O–H groups in total. The summed E-state index contributed by atoms with van der Waals surface area (Å²) in [7, 11) is 0. The van der Waals surface area contributed by atoms with Crippen LogP contribution in [0.15, 0.2) is 66.9 Å². The zero-order valence-corrected chi connectivity index (χ0v) is 30.3. The fourth-order valence-electron chi connectivity index (χ4n) is 6.31. The summed E-state index contributed by atoms with van der Waals surface area (Å²) in [5.74, 6) is -4.49. The standard InChI is InChI=1S/C36H33Cl2F3N6O6/c1-18-42-34(47(44-18)26-14-21(37)10-11-22(26)38)33-32(49-17-28(48)53-36(2,3)4)30(31-27(51-33)16-50-35(52-31)19-8-6-5-7-9-19)46-15-25(43-45-46)20-12-23(39)29(41)24(40)13-20/h5-15,27,30-33,35H,16-17H2,1-4H3. The van der Waals surface area contributed by atoms with Crippen molar-refractivity contribution in [2.75, 3.05) is 13.2 Å². The summed E-state index contributed by atoms with van der Waals surface area (Å²) in [6.07, 6.45) is -3.34. The summed E-state index contributed by atoms with van der Waals surface area (Å²) in [6.45, 7) is 6.36. The Kier molecular flexibility index (Phi) is 10.3. The Morgan fingerprint density at radius 3 is 2.47 bits per heavy atom. The maximum atomic E-state index is 14.3. The van der Waals surface area contributed by atoms with Crippen LogP contribution in [0.5, 0.6) is 0 Å². The van der Waals surface area contributed by atoms with E-state index in [1.807, 2.05) is 30.3 Å². The van der Waals surface area contributed by atoms with Crippen molar-refractivity contribution in [2.45, 2.75) is 70.0 Å². The van der Waals surface area contributed by atoms with Gasteiger partial charge in [-0.15, -0.1) is 5.10 Å². The number of aryl methyl sites for hydroxylation is 1. The molecule has 3 aromatic carbocycles. The molecule has 6 unspecified atom stereocenters. The monoisotopic (exact) mass is 772 g/mol. The summed E-state index contributed by atoms with van der Waals surface area (Å²) in [6, 6.07) is 14.7. The van der Waals surface area contributed by atoms with Gasteiger partial charge in [-0.05, 0) is 58.0 Å². The number of halogens is 5. The maximum Gasteiger partial charge on any atom is 0.332 e. The van der Waals surface area contributed by atoms with Crippen LogP contribution in [0.1, 0.15) is 56.4 Å². The smallest absolute Gasteiger partial charge is 0.332 e. The number of esters is 1. The van der Waals surface area contributed by atoms with Gasteiger partial charge in [0.2, 0.25) is 0 Å². The molecule has 5 aromatic rings. The summed E-state index contributed by atoms with van der Waals surface area (Å²) in [5, 5.41) is 13.8. The van der Waals surface area contributed by atoms with Crippen LogP contribution in [0.25, 0.3) is 16.9 Å². The van der Waals surface area contributed by atoms with Crippen LogP contribution in [-0.2, 0) is 28.5 Å². The zero-order valence-electron chi connectivity index (χ0n) is 28.8. The molecule has 7 rings (SSSR count). The molecule has 53 heavy (non-hydrogen) atoms. The summed E-state index contributed by atoms with van der Waals surface area (Å²) >= 11 is 13.0. The van der Waals surface area contributed by atoms with Crippen molar-refractivity contribution >= 4 is 29.2 Å². The van der Waals surface area contributed by atoms with Gasteiger partial charge in [-0.25, -0.2) is 32.3 Å². The first-order chi connectivity index (χ1) is 25.3. The highest BCUT2D eigenvalue weighted by Crippen LogP contribution is 2.46. The summed E-state index contributed by atoms with van der Waals surface area (Å²) in [5.41, 5.74) is 0.248. The highest BCUT2D eigenvalue weighted by atomic mass is 35.5. The lowest BCUT2D eigenvalue weighted by molar-refractivity contribution is -0.322. The van der Waals surface area contributed by atoms with E-state index in [9.17, 15) is 18.0 Å². The van der Waals surface area contributed by atoms with E-state index in [4.69, 9.17) is 51.9 Å². The topological polar surface area (TPSA) is 125 Å². The lowest BCUT2D eigenvalue weighted by Gasteiger charge is -2.49. The molecule has 0 bridgehead atoms. The van der Waals surface area contributed by atoms with Gasteiger partial charge in [-0.3, -0.25) is 0 Å². The third-order valence-corrected chi connectivity index (χ3v) is 9.02. The van der Waals surface area contributed by atoms with E-state index in [1.54, 1.807) is 45.9 Å². The normalized spacial score (nSPS) is 23.1. The Labute approximate surface area is 311 Å². The van der Waals surface area contributed by atoms with Crippen molar-refractivity contribution in [1.82, 2.24) is 29.8 Å². The van der Waals surface area contributed by atoms with Gasteiger partial charge in [0.05, 0.1) is 23.5 Å². The number of rotatable bonds is 8. The minimum Gasteiger partial charge on any atom is -0.458 e. The van der Waals surface area contributed by atoms with Crippen LogP contribution in [0.3, 0.4) is 0 Å². The van der Waals surface area contributed by atoms with Crippen molar-refractivity contribution in [3.8, 4) is 16.9 Å². The van der Waals surface area contributed by atoms with Crippen LogP contribution in [0.2, 0.25) is 10.0 Å². The second-order valence-corrected chi connectivity index (χ2v) is 14.3. The van der Waals surface area contributed by atoms with E-state index in [0.717, 1.165) is 17.7 Å². The second kappa shape index (κ2) is 14.8. The second-order valence-electron chi connectivity index (χ2n) is 13.5. The maximum absolute atomic E-state index is 14.3. The molecule has 17 heteroatoms. The summed E-state index contributed by atoms with van der Waals surface area (Å²) < 4.78 is 76.8. The first-order valence-corrected chi connectivity index (χ1v) is 17.3. The molecule has 0 saturated carbocycles. The van der Waals surface area contributed by atoms with E-state index in [0.29, 0.717) is 21.6 Å². The van der Waals surface area contributed by atoms with Gasteiger partial charge >= 0.3 is 5.97 Å². The number of carbonyl (C=O) groups excluding carboxylic acids is 1. The Hall–Kier alpha value is -4.38. The molecule has 2 aliphatic heterocycles. The molecule has 2 fully saturated rings. The molecule has 0 amide bonds. The highest BCUT2D eigenvalue weighted by Gasteiger charge is 2.54. The van der Waals surface area contributed by atoms with Gasteiger partial charge in [-0.2, -0.15) is 5.10 Å². The first-order valence-electron chi connectivity index (χ1n) is 16.5. The number of benzene rings is 3. The van der Waals surface area contributed by atoms with Gasteiger partial charge in [0.1, 0.15) is 54.2 Å². The molecule has 2 aromatic heterocycles. The van der Waals surface area contributed by atoms with Crippen LogP contribution in [0, 0.1) is 24.4 Å². The van der Waals surface area contributed by atoms with E-state index in [1.165, 1.54) is 15.6 Å². The minimum absolute atomic E-state index is 0.0182. The average Bonchev–Trinajstić information content (AvgIpc) is 3.76. The largest absolute Gasteiger partial charge is 0.458 e. The van der Waals surface area contributed by atoms with Crippen molar-refractivity contribution < 1.29 is 41.7 Å². The number of ether oxygens (including phenoxy) is 5. The van der Waals surface area contributed by atoms with Gasteiger partial charge in [-0.1, -0.05) is 58.7 Å². The fourth-order valence-corrected chi connectivity index (χ4v) is 6.67. The third-order valence-electron chi connectivity index (χ3n) is 8.46. The molecule has 4 heterocycles. The molecule has 278 valence electrons. The Morgan fingerprint density at radius 1 is 1.02 bits per heavy atom. The van der Waals surface area contributed by atoms with E-state index in [-0.39, 0.29) is 23.7 Å². The zero-order chi connectivity index (χ0) is 37.6. The number of hydrogen-bond donors (Lipinski definition) is 0. The Morgan fingerprint density at radius 2 is 1.75 bits per heavy atom. The minimum atomic E-state index is -1.62. The highest BCUT2D eigenvalue weighted by molar-refractivity contribution is 6.34. The van der Waals surface area contributed by atoms with Crippen LogP contribution in [0.4, 0.5) is 13.2 Å². The molecule has 0 aliphatic carbocycles. The van der Waals surface area contributed by atoms with Crippen LogP contribution < -0.4 is 0 Å². The Bertz CT molecular complexity index is 2110. The molecule has 2 aliphatic rings. The molecule has 0 radical (unpaired) electrons. The van der Waals surface area contributed by atoms with Crippen LogP contribution in [-0.4, -0.2) is 72.9 Å². The lowest BCUT2D eigenvalue weighted by Crippen LogP contribution is -2.58. The predicted molar refractivity (Wildman–Crippen MR) is 184 cm³/mol. The quantitative estimate of drug-likeness (QED) is 0.119. The van der Waals surface area contributed by atoms with E-state index in [2.05, 4.69) is 15.4 Å². The number of fused-ring (bicyclic) bond motifs is 1. The van der Waals surface area contributed by atoms with Gasteiger partial charge in [0.25, 0.3) is 0 Å². The van der Waals surface area contributed by atoms with Crippen LogP contribution >= 0.6 is 23.2 Å². The van der Waals surface area contributed by atoms with Crippen molar-refractivity contribution in [3.63, 3.8) is 0 Å². The molecular formula is C36H33Cl2F3N6O6. The van der Waals surface area contributed by atoms with Crippen molar-refractivity contribution in [2.24, 2.45) is 0 Å². The van der Waals surface area contributed by atoms with E-state index >= 15 is 0 Å². The molecular weight excluding hydrogens is 740 g/mol. The van der Waals surface area contributed by atoms with Gasteiger partial charge in [0, 0.05) is 16.1 Å². The average molecular weight is 774 g/mol. The lowest BCUT2D eigenvalue weighted by atomic mass is 9.90. The number of hydrogen-bond acceptors (Lipinski definition) is 10. The predicted octanol–water partition coefficient (Wildman–Crippen LogP) is 7.08. The number of carbonyl (C=O) groups is 1. The van der Waals surface area contributed by atoms with Crippen molar-refractivity contribution in [1.29, 1.82) is 0 Å². The first kappa shape index (κ1) is 37.0. The van der Waals surface area contributed by atoms with Gasteiger partial charge in [0.15, 0.2) is 29.6 Å². The molecule has 2 saturated heterocycles. The molecule has 6 atom stereocenters. The van der Waals surface area contributed by atoms with E-state index < -0.39 is 72.4 Å². The Balaban J connectivity index is 1.36. The molecule has 0 spiro atoms. The third kappa shape index (κ3) is 7.81. The fraction of sp³-hybridized carbons (Fsp3) is 0.361. The number of nitrogens with zero attached hydrogens (tertiary/aromatic N) is 6. The van der Waals surface area contributed by atoms with Crippen molar-refractivity contribution in [3.05, 3.63) is 112 Å². The summed E-state index contributed by atoms with van der Waals surface area (Å²) in [4.78, 5) is 17.8. The SMILES string of the molecule is Cc1nc(C2OC3COC(c4ccccc4)OC3C(n3cc(-c4cc(F)c(F)c(F)c4)nn3)C2OCC(=O)OC(C)(C)C)n(-c2cc(Cl)ccc2Cl)n1. The number of aromatic nitrogens is 6.